The van der Waals surface area contributed by atoms with Gasteiger partial charge in [-0.05, 0) is 50.5 Å². The molecule has 1 aliphatic rings. The fourth-order valence-corrected chi connectivity index (χ4v) is 6.99. The second-order valence-corrected chi connectivity index (χ2v) is 11.5. The fourth-order valence-electron chi connectivity index (χ4n) is 2.75. The number of amides is 1. The van der Waals surface area contributed by atoms with E-state index in [1.54, 1.807) is 35.4 Å². The van der Waals surface area contributed by atoms with Crippen LogP contribution < -0.4 is 0 Å². The molecule has 2 aromatic rings. The third kappa shape index (κ3) is 4.73. The summed E-state index contributed by atoms with van der Waals surface area (Å²) < 4.78 is 27.9. The molecule has 6 nitrogen and oxygen atoms in total. The number of piperazine rings is 1. The minimum absolute atomic E-state index is 0.0506. The van der Waals surface area contributed by atoms with Gasteiger partial charge < -0.3 is 4.90 Å². The zero-order valence-electron chi connectivity index (χ0n) is 14.3. The van der Waals surface area contributed by atoms with Gasteiger partial charge in [-0.3, -0.25) is 9.69 Å². The van der Waals surface area contributed by atoms with Crippen molar-refractivity contribution in [3.05, 3.63) is 38.3 Å². The average Bonchev–Trinajstić information content (AvgIpc) is 3.27. The molecule has 0 aliphatic carbocycles. The summed E-state index contributed by atoms with van der Waals surface area (Å²) in [4.78, 5) is 16.1. The molecule has 3 rings (SSSR count). The van der Waals surface area contributed by atoms with E-state index in [4.69, 9.17) is 0 Å². The van der Waals surface area contributed by atoms with Gasteiger partial charge in [-0.2, -0.15) is 15.6 Å². The molecule has 1 amide bonds. The first kappa shape index (κ1) is 20.0. The largest absolute Gasteiger partial charge is 0.340 e. The maximum absolute atomic E-state index is 12.6. The lowest BCUT2D eigenvalue weighted by Gasteiger charge is -2.34. The topological polar surface area (TPSA) is 60.9 Å². The van der Waals surface area contributed by atoms with Crippen LogP contribution >= 0.6 is 38.6 Å². The minimum Gasteiger partial charge on any atom is -0.340 e. The number of sulfonamides is 1. The Morgan fingerprint density at radius 3 is 2.54 bits per heavy atom. The predicted molar refractivity (Wildman–Crippen MR) is 108 cm³/mol. The van der Waals surface area contributed by atoms with Gasteiger partial charge in [0.1, 0.15) is 4.21 Å². The van der Waals surface area contributed by atoms with Gasteiger partial charge in [0.2, 0.25) is 5.91 Å². The van der Waals surface area contributed by atoms with Gasteiger partial charge in [0.05, 0.1) is 10.3 Å². The van der Waals surface area contributed by atoms with Gasteiger partial charge >= 0.3 is 0 Å². The Hall–Kier alpha value is -0.780. The molecule has 10 heteroatoms. The zero-order chi connectivity index (χ0) is 18.7. The molecule has 26 heavy (non-hydrogen) atoms. The molecule has 0 atom stereocenters. The molecule has 1 fully saturated rings. The van der Waals surface area contributed by atoms with Crippen molar-refractivity contribution in [2.45, 2.75) is 10.8 Å². The lowest BCUT2D eigenvalue weighted by Crippen LogP contribution is -2.51. The van der Waals surface area contributed by atoms with Crippen molar-refractivity contribution in [3.63, 3.8) is 0 Å². The lowest BCUT2D eigenvalue weighted by molar-refractivity contribution is -0.131. The van der Waals surface area contributed by atoms with Gasteiger partial charge in [0, 0.05) is 39.8 Å². The fraction of sp³-hybridized carbons (Fsp3) is 0.438. The van der Waals surface area contributed by atoms with Crippen LogP contribution in [-0.4, -0.2) is 68.2 Å². The van der Waals surface area contributed by atoms with Gasteiger partial charge in [-0.1, -0.05) is 0 Å². The van der Waals surface area contributed by atoms with E-state index < -0.39 is 10.0 Å². The number of halogens is 1. The zero-order valence-corrected chi connectivity index (χ0v) is 18.3. The van der Waals surface area contributed by atoms with Crippen molar-refractivity contribution < 1.29 is 13.2 Å². The number of hydrogen-bond acceptors (Lipinski definition) is 6. The highest BCUT2D eigenvalue weighted by molar-refractivity contribution is 9.11. The smallest absolute Gasteiger partial charge is 0.252 e. The summed E-state index contributed by atoms with van der Waals surface area (Å²) in [6, 6.07) is 5.39. The maximum atomic E-state index is 12.6. The molecule has 2 aromatic heterocycles. The van der Waals surface area contributed by atoms with Crippen molar-refractivity contribution in [1.82, 2.24) is 14.1 Å². The summed E-state index contributed by atoms with van der Waals surface area (Å²) in [7, 11) is -1.64. The number of likely N-dealkylation sites (N-methyl/N-ethyl adjacent to an activating group) is 1. The van der Waals surface area contributed by atoms with Gasteiger partial charge in [-0.15, -0.1) is 11.3 Å². The molecule has 1 saturated heterocycles. The number of thiophene rings is 2. The summed E-state index contributed by atoms with van der Waals surface area (Å²) in [6.45, 7) is 2.84. The van der Waals surface area contributed by atoms with Crippen LogP contribution in [0.25, 0.3) is 0 Å². The molecule has 0 saturated carbocycles. The van der Waals surface area contributed by atoms with Crippen molar-refractivity contribution >= 4 is 54.5 Å². The van der Waals surface area contributed by atoms with Crippen LogP contribution in [-0.2, 0) is 21.4 Å². The van der Waals surface area contributed by atoms with Crippen molar-refractivity contribution in [2.24, 2.45) is 0 Å². The highest BCUT2D eigenvalue weighted by Crippen LogP contribution is 2.28. The summed E-state index contributed by atoms with van der Waals surface area (Å²) >= 11 is 6.14. The highest BCUT2D eigenvalue weighted by atomic mass is 79.9. The monoisotopic (exact) mass is 477 g/mol. The summed E-state index contributed by atoms with van der Waals surface area (Å²) in [5.74, 6) is 0.0506. The number of carbonyl (C=O) groups is 1. The molecule has 0 radical (unpaired) electrons. The molecule has 0 N–H and O–H groups in total. The van der Waals surface area contributed by atoms with E-state index in [0.717, 1.165) is 9.35 Å². The standard InChI is InChI=1S/C16H20BrN3O3S3/c1-18(10-13-4-9-24-12-13)15(21)11-19-5-7-20(8-6-19)26(22,23)16-3-2-14(17)25-16/h2-4,9,12H,5-8,10-11H2,1H3. The molecular weight excluding hydrogens is 458 g/mol. The Labute approximate surface area is 170 Å². The van der Waals surface area contributed by atoms with Crippen molar-refractivity contribution in [2.75, 3.05) is 39.8 Å². The quantitative estimate of drug-likeness (QED) is 0.641. The van der Waals surface area contributed by atoms with Gasteiger partial charge in [-0.25, -0.2) is 8.42 Å². The molecule has 0 bridgehead atoms. The second-order valence-electron chi connectivity index (χ2n) is 6.12. The second kappa shape index (κ2) is 8.49. The first-order valence-corrected chi connectivity index (χ1v) is 12.1. The molecule has 1 aliphatic heterocycles. The summed E-state index contributed by atoms with van der Waals surface area (Å²) in [5.41, 5.74) is 1.13. The van der Waals surface area contributed by atoms with Crippen LogP contribution in [0, 0.1) is 0 Å². The Morgan fingerprint density at radius 2 is 1.96 bits per heavy atom. The lowest BCUT2D eigenvalue weighted by atomic mass is 10.3. The molecule has 142 valence electrons. The average molecular weight is 478 g/mol. The van der Waals surface area contributed by atoms with Gasteiger partial charge in [0.15, 0.2) is 0 Å². The number of hydrogen-bond donors (Lipinski definition) is 0. The van der Waals surface area contributed by atoms with Crippen LogP contribution in [0.5, 0.6) is 0 Å². The Bertz CT molecular complexity index is 843. The highest BCUT2D eigenvalue weighted by Gasteiger charge is 2.30. The van der Waals surface area contributed by atoms with Crippen LogP contribution in [0.1, 0.15) is 5.56 Å². The summed E-state index contributed by atoms with van der Waals surface area (Å²) in [5, 5.41) is 4.04. The predicted octanol–water partition coefficient (Wildman–Crippen LogP) is 2.54. The normalized spacial score (nSPS) is 16.7. The van der Waals surface area contributed by atoms with Crippen molar-refractivity contribution in [3.8, 4) is 0 Å². The molecule has 0 unspecified atom stereocenters. The van der Waals surface area contributed by atoms with Crippen LogP contribution in [0.3, 0.4) is 0 Å². The van der Waals surface area contributed by atoms with Crippen LogP contribution in [0.15, 0.2) is 37.0 Å². The SMILES string of the molecule is CN(Cc1ccsc1)C(=O)CN1CCN(S(=O)(=O)c2ccc(Br)s2)CC1. The van der Waals surface area contributed by atoms with E-state index in [1.165, 1.54) is 15.6 Å². The van der Waals surface area contributed by atoms with Gasteiger partial charge in [0.25, 0.3) is 10.0 Å². The Morgan fingerprint density at radius 1 is 1.23 bits per heavy atom. The number of rotatable bonds is 6. The minimum atomic E-state index is -3.44. The van der Waals surface area contributed by atoms with Crippen LogP contribution in [0.4, 0.5) is 0 Å². The van der Waals surface area contributed by atoms with Crippen molar-refractivity contribution in [1.29, 1.82) is 0 Å². The molecular formula is C16H20BrN3O3S3. The number of nitrogens with zero attached hydrogens (tertiary/aromatic N) is 3. The first-order valence-electron chi connectivity index (χ1n) is 8.09. The third-order valence-electron chi connectivity index (χ3n) is 4.26. The Kier molecular flexibility index (Phi) is 6.52. The maximum Gasteiger partial charge on any atom is 0.252 e. The molecule has 3 heterocycles. The number of carbonyl (C=O) groups excluding carboxylic acids is 1. The van der Waals surface area contributed by atoms with E-state index in [2.05, 4.69) is 15.9 Å². The van der Waals surface area contributed by atoms with E-state index in [-0.39, 0.29) is 5.91 Å². The first-order chi connectivity index (χ1) is 12.4. The molecule has 0 aromatic carbocycles. The summed E-state index contributed by atoms with van der Waals surface area (Å²) in [6.07, 6.45) is 0. The van der Waals surface area contributed by atoms with E-state index >= 15 is 0 Å². The van der Waals surface area contributed by atoms with E-state index in [1.807, 2.05) is 21.7 Å². The molecule has 0 spiro atoms. The third-order valence-corrected chi connectivity index (χ3v) is 8.98. The van der Waals surface area contributed by atoms with E-state index in [9.17, 15) is 13.2 Å². The van der Waals surface area contributed by atoms with Crippen LogP contribution in [0.2, 0.25) is 0 Å². The Balaban J connectivity index is 1.51. The van der Waals surface area contributed by atoms with E-state index in [0.29, 0.717) is 43.5 Å².